The molecule has 3 rings (SSSR count). The lowest BCUT2D eigenvalue weighted by atomic mass is 10.1. The smallest absolute Gasteiger partial charge is 0.315 e. The molecule has 146 valence electrons. The fourth-order valence-electron chi connectivity index (χ4n) is 2.68. The molecule has 0 radical (unpaired) electrons. The van der Waals surface area contributed by atoms with Crippen LogP contribution in [0.1, 0.15) is 37.8 Å². The zero-order valence-electron chi connectivity index (χ0n) is 15.9. The first-order valence-electron chi connectivity index (χ1n) is 9.22. The molecule has 2 aromatic carbocycles. The normalized spacial score (nSPS) is 12.0. The second-order valence-corrected chi connectivity index (χ2v) is 7.26. The molecular formula is C21H23ClN4O2. The van der Waals surface area contributed by atoms with E-state index < -0.39 is 6.04 Å². The van der Waals surface area contributed by atoms with Crippen LogP contribution in [0, 0.1) is 5.92 Å². The van der Waals surface area contributed by atoms with Gasteiger partial charge in [0.15, 0.2) is 0 Å². The lowest BCUT2D eigenvalue weighted by molar-refractivity contribution is 0.236. The molecule has 0 aliphatic rings. The molecule has 0 bridgehead atoms. The number of carbonyl (C=O) groups excluding carboxylic acids is 1. The van der Waals surface area contributed by atoms with Crippen LogP contribution in [0.15, 0.2) is 59.0 Å². The highest BCUT2D eigenvalue weighted by atomic mass is 35.5. The molecule has 28 heavy (non-hydrogen) atoms. The van der Waals surface area contributed by atoms with Crippen molar-refractivity contribution < 1.29 is 9.21 Å². The number of carbonyl (C=O) groups is 1. The number of nitrogens with zero attached hydrogens (tertiary/aromatic N) is 2. The van der Waals surface area contributed by atoms with Crippen LogP contribution in [0.25, 0.3) is 11.5 Å². The van der Waals surface area contributed by atoms with Crippen molar-refractivity contribution in [1.29, 1.82) is 0 Å². The van der Waals surface area contributed by atoms with Crippen LogP contribution in [0.3, 0.4) is 0 Å². The minimum absolute atomic E-state index is 0.285. The summed E-state index contributed by atoms with van der Waals surface area (Å²) in [5.74, 6) is 1.11. The summed E-state index contributed by atoms with van der Waals surface area (Å²) >= 11 is 6.22. The van der Waals surface area contributed by atoms with Crippen molar-refractivity contribution in [3.8, 4) is 11.5 Å². The predicted molar refractivity (Wildman–Crippen MR) is 109 cm³/mol. The van der Waals surface area contributed by atoms with Gasteiger partial charge in [-0.25, -0.2) is 4.79 Å². The number of halogens is 1. The van der Waals surface area contributed by atoms with E-state index in [9.17, 15) is 4.79 Å². The van der Waals surface area contributed by atoms with Gasteiger partial charge in [-0.3, -0.25) is 0 Å². The molecule has 0 aliphatic heterocycles. The third kappa shape index (κ3) is 5.10. The summed E-state index contributed by atoms with van der Waals surface area (Å²) in [4.78, 5) is 12.4. The Hall–Kier alpha value is -2.86. The largest absolute Gasteiger partial charge is 0.418 e. The zero-order chi connectivity index (χ0) is 19.9. The molecule has 1 heterocycles. The van der Waals surface area contributed by atoms with Crippen molar-refractivity contribution in [2.75, 3.05) is 6.54 Å². The minimum atomic E-state index is -0.566. The molecule has 2 N–H and O–H groups in total. The maximum atomic E-state index is 12.4. The molecule has 3 aromatic rings. The molecule has 2 amide bonds. The Morgan fingerprint density at radius 3 is 2.50 bits per heavy atom. The highest BCUT2D eigenvalue weighted by Gasteiger charge is 2.23. The highest BCUT2D eigenvalue weighted by Crippen LogP contribution is 2.29. The van der Waals surface area contributed by atoms with Gasteiger partial charge in [-0.15, -0.1) is 10.2 Å². The summed E-state index contributed by atoms with van der Waals surface area (Å²) in [6, 6.07) is 15.9. The molecule has 1 atom stereocenters. The highest BCUT2D eigenvalue weighted by molar-refractivity contribution is 6.33. The molecule has 0 aliphatic carbocycles. The van der Waals surface area contributed by atoms with Crippen molar-refractivity contribution in [3.05, 3.63) is 71.1 Å². The standard InChI is InChI=1S/C21H23ClN4O2/c1-14(2)12-13-23-21(27)24-18(15-8-4-3-5-9-15)20-26-25-19(28-20)16-10-6-7-11-17(16)22/h3-11,14,18H,12-13H2,1-2H3,(H2,23,24,27). The first-order chi connectivity index (χ1) is 13.5. The fraction of sp³-hybridized carbons (Fsp3) is 0.286. The Balaban J connectivity index is 1.82. The van der Waals surface area contributed by atoms with E-state index >= 15 is 0 Å². The van der Waals surface area contributed by atoms with Crippen molar-refractivity contribution in [1.82, 2.24) is 20.8 Å². The number of urea groups is 1. The Morgan fingerprint density at radius 2 is 1.79 bits per heavy atom. The average molecular weight is 399 g/mol. The summed E-state index contributed by atoms with van der Waals surface area (Å²) < 4.78 is 5.86. The first kappa shape index (κ1) is 19.9. The van der Waals surface area contributed by atoms with Crippen molar-refractivity contribution in [3.63, 3.8) is 0 Å². The molecule has 0 fully saturated rings. The fourth-order valence-corrected chi connectivity index (χ4v) is 2.90. The van der Waals surface area contributed by atoms with Gasteiger partial charge in [-0.2, -0.15) is 0 Å². The van der Waals surface area contributed by atoms with Crippen molar-refractivity contribution >= 4 is 17.6 Å². The molecule has 0 saturated heterocycles. The third-order valence-corrected chi connectivity index (χ3v) is 4.54. The predicted octanol–water partition coefficient (Wildman–Crippen LogP) is 4.82. The first-order valence-corrected chi connectivity index (χ1v) is 9.60. The summed E-state index contributed by atoms with van der Waals surface area (Å²) in [6.45, 7) is 4.82. The van der Waals surface area contributed by atoms with Gasteiger partial charge in [0.1, 0.15) is 6.04 Å². The van der Waals surface area contributed by atoms with E-state index in [1.54, 1.807) is 6.07 Å². The Bertz CT molecular complexity index is 912. The van der Waals surface area contributed by atoms with E-state index in [0.29, 0.717) is 34.8 Å². The number of amides is 2. The second-order valence-electron chi connectivity index (χ2n) is 6.85. The number of benzene rings is 2. The molecule has 1 aromatic heterocycles. The van der Waals surface area contributed by atoms with Crippen LogP contribution < -0.4 is 10.6 Å². The van der Waals surface area contributed by atoms with Gasteiger partial charge in [0.25, 0.3) is 0 Å². The van der Waals surface area contributed by atoms with Crippen molar-refractivity contribution in [2.24, 2.45) is 5.92 Å². The molecule has 6 nitrogen and oxygen atoms in total. The number of nitrogens with one attached hydrogen (secondary N) is 2. The van der Waals surface area contributed by atoms with Crippen molar-refractivity contribution in [2.45, 2.75) is 26.3 Å². The molecule has 0 saturated carbocycles. The van der Waals surface area contributed by atoms with Gasteiger partial charge in [0, 0.05) is 6.54 Å². The Labute approximate surface area is 169 Å². The lowest BCUT2D eigenvalue weighted by Gasteiger charge is -2.16. The SMILES string of the molecule is CC(C)CCNC(=O)NC(c1ccccc1)c1nnc(-c2ccccc2Cl)o1. The van der Waals surface area contributed by atoms with Gasteiger partial charge in [-0.05, 0) is 30.0 Å². The third-order valence-electron chi connectivity index (χ3n) is 4.21. The number of rotatable bonds is 7. The van der Waals surface area contributed by atoms with Crippen LogP contribution in [-0.2, 0) is 0 Å². The van der Waals surface area contributed by atoms with E-state index in [2.05, 4.69) is 34.7 Å². The monoisotopic (exact) mass is 398 g/mol. The van der Waals surface area contributed by atoms with Gasteiger partial charge in [0.05, 0.1) is 10.6 Å². The maximum absolute atomic E-state index is 12.4. The summed E-state index contributed by atoms with van der Waals surface area (Å²) in [6.07, 6.45) is 0.903. The van der Waals surface area contributed by atoms with E-state index in [1.165, 1.54) is 0 Å². The van der Waals surface area contributed by atoms with Gasteiger partial charge >= 0.3 is 6.03 Å². The summed E-state index contributed by atoms with van der Waals surface area (Å²) in [5, 5.41) is 14.6. The van der Waals surface area contributed by atoms with Gasteiger partial charge < -0.3 is 15.1 Å². The van der Waals surface area contributed by atoms with Crippen LogP contribution in [0.4, 0.5) is 4.79 Å². The maximum Gasteiger partial charge on any atom is 0.315 e. The molecule has 1 unspecified atom stereocenters. The molecule has 7 heteroatoms. The van der Waals surface area contributed by atoms with Crippen LogP contribution in [-0.4, -0.2) is 22.8 Å². The van der Waals surface area contributed by atoms with Crippen LogP contribution >= 0.6 is 11.6 Å². The number of hydrogen-bond acceptors (Lipinski definition) is 4. The van der Waals surface area contributed by atoms with Gasteiger partial charge in [-0.1, -0.05) is 67.9 Å². The number of hydrogen-bond donors (Lipinski definition) is 2. The quantitative estimate of drug-likeness (QED) is 0.597. The summed E-state index contributed by atoms with van der Waals surface area (Å²) in [7, 11) is 0. The summed E-state index contributed by atoms with van der Waals surface area (Å²) in [5.41, 5.74) is 1.49. The van der Waals surface area contributed by atoms with Crippen LogP contribution in [0.5, 0.6) is 0 Å². The van der Waals surface area contributed by atoms with E-state index in [4.69, 9.17) is 16.0 Å². The molecular weight excluding hydrogens is 376 g/mol. The average Bonchev–Trinajstić information content (AvgIpc) is 3.16. The Kier molecular flexibility index (Phi) is 6.66. The topological polar surface area (TPSA) is 80.0 Å². The molecule has 0 spiro atoms. The zero-order valence-corrected chi connectivity index (χ0v) is 16.6. The van der Waals surface area contributed by atoms with E-state index in [1.807, 2.05) is 48.5 Å². The van der Waals surface area contributed by atoms with Gasteiger partial charge in [0.2, 0.25) is 11.8 Å². The number of aromatic nitrogens is 2. The Morgan fingerprint density at radius 1 is 1.07 bits per heavy atom. The van der Waals surface area contributed by atoms with E-state index in [0.717, 1.165) is 12.0 Å². The minimum Gasteiger partial charge on any atom is -0.418 e. The second kappa shape index (κ2) is 9.37. The van der Waals surface area contributed by atoms with E-state index in [-0.39, 0.29) is 6.03 Å². The van der Waals surface area contributed by atoms with Crippen LogP contribution in [0.2, 0.25) is 5.02 Å². The lowest BCUT2D eigenvalue weighted by Crippen LogP contribution is -2.39.